The molecule has 2 aliphatic heterocycles. The van der Waals surface area contributed by atoms with Crippen molar-refractivity contribution in [3.63, 3.8) is 0 Å². The van der Waals surface area contributed by atoms with Crippen molar-refractivity contribution in [1.29, 1.82) is 0 Å². The number of pyridine rings is 1. The molecule has 1 atom stereocenters. The van der Waals surface area contributed by atoms with E-state index in [-0.39, 0.29) is 17.8 Å². The van der Waals surface area contributed by atoms with Gasteiger partial charge in [0.05, 0.1) is 11.7 Å². The third-order valence-corrected chi connectivity index (χ3v) is 6.72. The Balaban J connectivity index is 1.54. The smallest absolute Gasteiger partial charge is 0.296 e. The number of hydrogen-bond acceptors (Lipinski definition) is 4. The van der Waals surface area contributed by atoms with E-state index in [4.69, 9.17) is 4.99 Å². The number of aromatic nitrogens is 1. The number of rotatable bonds is 4. The van der Waals surface area contributed by atoms with E-state index in [1.54, 1.807) is 6.20 Å². The van der Waals surface area contributed by atoms with Crippen LogP contribution in [0.5, 0.6) is 0 Å². The molecule has 5 rings (SSSR count). The van der Waals surface area contributed by atoms with E-state index >= 15 is 0 Å². The number of benzene rings is 1. The molecule has 2 amide bonds. The number of carbonyl (C=O) groups is 1. The zero-order chi connectivity index (χ0) is 22.1. The molecule has 1 spiro atoms. The van der Waals surface area contributed by atoms with Gasteiger partial charge in [-0.1, -0.05) is 18.9 Å². The zero-order valence-electron chi connectivity index (χ0n) is 17.9. The van der Waals surface area contributed by atoms with Crippen molar-refractivity contribution in [3.8, 4) is 0 Å². The predicted molar refractivity (Wildman–Crippen MR) is 119 cm³/mol. The van der Waals surface area contributed by atoms with E-state index in [9.17, 15) is 13.6 Å². The highest BCUT2D eigenvalue weighted by atomic mass is 19.1. The Labute approximate surface area is 186 Å². The highest BCUT2D eigenvalue weighted by molar-refractivity contribution is 6.19. The van der Waals surface area contributed by atoms with Gasteiger partial charge in [-0.05, 0) is 56.0 Å². The van der Waals surface area contributed by atoms with Crippen LogP contribution in [0, 0.1) is 11.6 Å². The lowest BCUT2D eigenvalue weighted by molar-refractivity contribution is 0.176. The van der Waals surface area contributed by atoms with Crippen LogP contribution in [0.25, 0.3) is 0 Å². The Morgan fingerprint density at radius 3 is 2.66 bits per heavy atom. The van der Waals surface area contributed by atoms with E-state index in [2.05, 4.69) is 15.2 Å². The Hall–Kier alpha value is -2.87. The average molecular weight is 440 g/mol. The number of nitrogens with one attached hydrogen (secondary N) is 1. The summed E-state index contributed by atoms with van der Waals surface area (Å²) in [6.45, 7) is 2.09. The molecule has 1 aliphatic carbocycles. The highest BCUT2D eigenvalue weighted by Gasteiger charge is 2.54. The fourth-order valence-electron chi connectivity index (χ4n) is 5.36. The Morgan fingerprint density at radius 1 is 1.16 bits per heavy atom. The van der Waals surface area contributed by atoms with Gasteiger partial charge < -0.3 is 0 Å². The first-order valence-corrected chi connectivity index (χ1v) is 11.3. The highest BCUT2D eigenvalue weighted by Crippen LogP contribution is 2.38. The molecule has 8 heteroatoms. The second-order valence-electron chi connectivity index (χ2n) is 9.02. The number of halogens is 2. The zero-order valence-corrected chi connectivity index (χ0v) is 17.9. The lowest BCUT2D eigenvalue weighted by Gasteiger charge is -2.44. The predicted octanol–water partition coefficient (Wildman–Crippen LogP) is 4.27. The summed E-state index contributed by atoms with van der Waals surface area (Å²) in [6.07, 6.45) is 9.38. The number of hydrogen-bond donors (Lipinski definition) is 1. The molecule has 0 radical (unpaired) electrons. The lowest BCUT2D eigenvalue weighted by Crippen LogP contribution is -2.60. The summed E-state index contributed by atoms with van der Waals surface area (Å²) >= 11 is 0. The van der Waals surface area contributed by atoms with Gasteiger partial charge in [0.15, 0.2) is 0 Å². The number of nitrogens with zero attached hydrogens (tertiary/aromatic N) is 4. The number of carbonyl (C=O) groups excluding carboxylic acids is 1. The molecule has 6 nitrogen and oxygen atoms in total. The van der Waals surface area contributed by atoms with Crippen LogP contribution in [0.15, 0.2) is 47.7 Å². The van der Waals surface area contributed by atoms with Gasteiger partial charge in [0.2, 0.25) is 0 Å². The minimum absolute atomic E-state index is 0.181. The van der Waals surface area contributed by atoms with E-state index < -0.39 is 17.2 Å². The van der Waals surface area contributed by atoms with Gasteiger partial charge >= 0.3 is 6.03 Å². The molecule has 32 heavy (non-hydrogen) atoms. The maximum atomic E-state index is 14.1. The van der Waals surface area contributed by atoms with Gasteiger partial charge in [-0.3, -0.25) is 25.1 Å². The van der Waals surface area contributed by atoms with Crippen molar-refractivity contribution >= 4 is 17.6 Å². The molecule has 168 valence electrons. The van der Waals surface area contributed by atoms with Gasteiger partial charge in [-0.15, -0.1) is 0 Å². The summed E-state index contributed by atoms with van der Waals surface area (Å²) < 4.78 is 28.2. The van der Waals surface area contributed by atoms with Gasteiger partial charge in [0.1, 0.15) is 23.0 Å². The minimum atomic E-state index is -0.777. The van der Waals surface area contributed by atoms with Crippen molar-refractivity contribution in [2.45, 2.75) is 56.7 Å². The summed E-state index contributed by atoms with van der Waals surface area (Å²) in [5, 5.41) is 2.97. The van der Waals surface area contributed by atoms with Crippen LogP contribution in [0.3, 0.4) is 0 Å². The number of amidine groups is 1. The quantitative estimate of drug-likeness (QED) is 0.774. The molecule has 2 saturated heterocycles. The second-order valence-corrected chi connectivity index (χ2v) is 9.02. The molecule has 1 aromatic heterocycles. The number of likely N-dealkylation sites (tertiary alicyclic amines) is 1. The van der Waals surface area contributed by atoms with Gasteiger partial charge in [-0.2, -0.15) is 0 Å². The number of aliphatic imine (C=N–C) groups is 1. The summed E-state index contributed by atoms with van der Waals surface area (Å²) in [4.78, 5) is 26.2. The first-order valence-electron chi connectivity index (χ1n) is 11.3. The lowest BCUT2D eigenvalue weighted by atomic mass is 9.86. The molecule has 3 fully saturated rings. The minimum Gasteiger partial charge on any atom is -0.296 e. The van der Waals surface area contributed by atoms with Crippen LogP contribution in [-0.2, 0) is 6.54 Å². The van der Waals surface area contributed by atoms with E-state index in [1.165, 1.54) is 17.0 Å². The van der Waals surface area contributed by atoms with Crippen LogP contribution in [0.2, 0.25) is 0 Å². The monoisotopic (exact) mass is 439 g/mol. The largest absolute Gasteiger partial charge is 0.328 e. The molecule has 3 heterocycles. The number of amides is 2. The van der Waals surface area contributed by atoms with Gasteiger partial charge in [-0.25, -0.2) is 13.6 Å². The van der Waals surface area contributed by atoms with Crippen LogP contribution < -0.4 is 10.2 Å². The Bertz CT molecular complexity index is 1000. The molecule has 1 aromatic carbocycles. The number of urea groups is 1. The molecular formula is C24H27F2N5O. The van der Waals surface area contributed by atoms with Crippen LogP contribution in [-0.4, -0.2) is 46.4 Å². The van der Waals surface area contributed by atoms with E-state index in [0.29, 0.717) is 25.3 Å². The van der Waals surface area contributed by atoms with Crippen molar-refractivity contribution in [2.75, 3.05) is 18.0 Å². The van der Waals surface area contributed by atoms with Crippen molar-refractivity contribution in [2.24, 2.45) is 4.99 Å². The van der Waals surface area contributed by atoms with E-state index in [1.807, 2.05) is 18.3 Å². The van der Waals surface area contributed by atoms with Crippen LogP contribution in [0.1, 0.15) is 44.1 Å². The second kappa shape index (κ2) is 8.58. The molecule has 3 aliphatic rings. The number of piperidine rings is 1. The molecule has 0 bridgehead atoms. The van der Waals surface area contributed by atoms with Crippen LogP contribution in [0.4, 0.5) is 19.3 Å². The fraction of sp³-hybridized carbons (Fsp3) is 0.458. The maximum absolute atomic E-state index is 14.1. The summed E-state index contributed by atoms with van der Waals surface area (Å²) in [7, 11) is 0. The molecular weight excluding hydrogens is 412 g/mol. The maximum Gasteiger partial charge on any atom is 0.328 e. The average Bonchev–Trinajstić information content (AvgIpc) is 3.35. The standard InChI is InChI=1S/C24H27F2N5O/c25-18-11-19(26)13-21(12-18)31-23(32)29-22(28-20-6-1-2-7-20)24(31)8-4-10-30(16-24)15-17-5-3-9-27-14-17/h3,5,9,11-14,20H,1-2,4,6-8,10,15-16H2,(H,28,29,32). The van der Waals surface area contributed by atoms with Crippen molar-refractivity contribution in [3.05, 3.63) is 59.9 Å². The van der Waals surface area contributed by atoms with Crippen molar-refractivity contribution < 1.29 is 13.6 Å². The molecule has 1 unspecified atom stereocenters. The van der Waals surface area contributed by atoms with Crippen molar-refractivity contribution in [1.82, 2.24) is 15.2 Å². The first kappa shape index (κ1) is 21.0. The molecule has 1 saturated carbocycles. The van der Waals surface area contributed by atoms with Gasteiger partial charge in [0.25, 0.3) is 0 Å². The first-order chi connectivity index (χ1) is 15.5. The SMILES string of the molecule is O=C1NC(=NC2CCCC2)C2(CCCN(Cc3cccnc3)C2)N1c1cc(F)cc(F)c1. The summed E-state index contributed by atoms with van der Waals surface area (Å²) in [6, 6.07) is 7.01. The molecule has 2 aromatic rings. The van der Waals surface area contributed by atoms with E-state index in [0.717, 1.165) is 50.3 Å². The Morgan fingerprint density at radius 2 is 1.94 bits per heavy atom. The third kappa shape index (κ3) is 3.99. The summed E-state index contributed by atoms with van der Waals surface area (Å²) in [5.74, 6) is -0.769. The normalized spacial score (nSPS) is 25.8. The third-order valence-electron chi connectivity index (χ3n) is 6.72. The van der Waals surface area contributed by atoms with Crippen LogP contribution >= 0.6 is 0 Å². The summed E-state index contributed by atoms with van der Waals surface area (Å²) in [5.41, 5.74) is 0.528. The fourth-order valence-corrected chi connectivity index (χ4v) is 5.36. The molecule has 1 N–H and O–H groups in total. The number of anilines is 1. The van der Waals surface area contributed by atoms with Gasteiger partial charge in [0, 0.05) is 31.5 Å². The topological polar surface area (TPSA) is 60.8 Å². The Kier molecular flexibility index (Phi) is 5.63.